The maximum atomic E-state index is 14.2. The molecule has 1 atom stereocenters. The van der Waals surface area contributed by atoms with Gasteiger partial charge in [-0.2, -0.15) is 0 Å². The van der Waals surface area contributed by atoms with Crippen LogP contribution in [-0.4, -0.2) is 27.8 Å². The third kappa shape index (κ3) is 6.59. The fourth-order valence-electron chi connectivity index (χ4n) is 3.08. The third-order valence-electron chi connectivity index (χ3n) is 4.74. The molecule has 1 heterocycles. The van der Waals surface area contributed by atoms with Crippen molar-refractivity contribution in [3.05, 3.63) is 85.0 Å². The van der Waals surface area contributed by atoms with Crippen LogP contribution in [-0.2, 0) is 0 Å². The molecule has 0 aliphatic rings. The highest BCUT2D eigenvalue weighted by molar-refractivity contribution is 5.68. The highest BCUT2D eigenvalue weighted by atomic mass is 19.1. The van der Waals surface area contributed by atoms with Gasteiger partial charge in [0.25, 0.3) is 0 Å². The lowest BCUT2D eigenvalue weighted by atomic mass is 10.0. The summed E-state index contributed by atoms with van der Waals surface area (Å²) in [5, 5.41) is 9.27. The van der Waals surface area contributed by atoms with Gasteiger partial charge in [-0.3, -0.25) is 0 Å². The van der Waals surface area contributed by atoms with Gasteiger partial charge in [-0.25, -0.2) is 14.4 Å². The third-order valence-corrected chi connectivity index (χ3v) is 4.74. The van der Waals surface area contributed by atoms with E-state index in [9.17, 15) is 9.50 Å². The number of aliphatic hydroxyl groups excluding tert-OH is 1. The van der Waals surface area contributed by atoms with E-state index >= 15 is 0 Å². The van der Waals surface area contributed by atoms with Crippen LogP contribution < -0.4 is 4.74 Å². The number of allylic oxidation sites excluding steroid dienone is 1. The zero-order valence-corrected chi connectivity index (χ0v) is 17.7. The molecule has 0 radical (unpaired) electrons. The minimum atomic E-state index is -0.402. The largest absolute Gasteiger partial charge is 0.486 e. The molecule has 1 N–H and O–H groups in total. The molecule has 4 nitrogen and oxygen atoms in total. The molecule has 0 saturated heterocycles. The summed E-state index contributed by atoms with van der Waals surface area (Å²) in [4.78, 5) is 8.89. The van der Waals surface area contributed by atoms with Crippen LogP contribution >= 0.6 is 0 Å². The lowest BCUT2D eigenvalue weighted by Gasteiger charge is -2.08. The second-order valence-electron chi connectivity index (χ2n) is 7.34. The zero-order valence-electron chi connectivity index (χ0n) is 17.7. The van der Waals surface area contributed by atoms with Crippen LogP contribution in [0.5, 0.6) is 5.75 Å². The van der Waals surface area contributed by atoms with Crippen molar-refractivity contribution >= 4 is 6.08 Å². The van der Waals surface area contributed by atoms with Crippen molar-refractivity contribution in [2.24, 2.45) is 0 Å². The quantitative estimate of drug-likeness (QED) is 0.320. The van der Waals surface area contributed by atoms with Gasteiger partial charge in [0, 0.05) is 23.5 Å². The van der Waals surface area contributed by atoms with Gasteiger partial charge in [-0.05, 0) is 49.4 Å². The summed E-state index contributed by atoms with van der Waals surface area (Å²) in [6, 6.07) is 12.6. The van der Waals surface area contributed by atoms with Gasteiger partial charge in [-0.15, -0.1) is 0 Å². The summed E-state index contributed by atoms with van der Waals surface area (Å²) in [6.45, 7) is 5.63. The second-order valence-corrected chi connectivity index (χ2v) is 7.34. The Kier molecular flexibility index (Phi) is 8.07. The first-order chi connectivity index (χ1) is 15.1. The number of halogens is 1. The van der Waals surface area contributed by atoms with Gasteiger partial charge in [0.2, 0.25) is 0 Å². The summed E-state index contributed by atoms with van der Waals surface area (Å²) in [5.41, 5.74) is 3.50. The Morgan fingerprint density at radius 1 is 1.06 bits per heavy atom. The number of benzene rings is 2. The molecule has 3 rings (SSSR count). The minimum absolute atomic E-state index is 0.214. The molecular formula is C26H27FN2O2. The SMILES string of the molecule is C=CCOc1ccc(-c2ccc(-c3ncc(C=CCCCC(C)O)cn3)cc2)cc1F. The topological polar surface area (TPSA) is 55.2 Å². The van der Waals surface area contributed by atoms with Crippen LogP contribution in [0.1, 0.15) is 31.7 Å². The van der Waals surface area contributed by atoms with E-state index in [1.807, 2.05) is 36.4 Å². The van der Waals surface area contributed by atoms with Gasteiger partial charge >= 0.3 is 0 Å². The Labute approximate surface area is 182 Å². The minimum Gasteiger partial charge on any atom is -0.486 e. The van der Waals surface area contributed by atoms with Crippen LogP contribution in [0.15, 0.2) is 73.6 Å². The molecule has 0 amide bonds. The molecule has 5 heteroatoms. The van der Waals surface area contributed by atoms with Crippen molar-refractivity contribution in [2.75, 3.05) is 6.61 Å². The van der Waals surface area contributed by atoms with Gasteiger partial charge in [0.05, 0.1) is 6.10 Å². The van der Waals surface area contributed by atoms with Crippen molar-refractivity contribution in [3.8, 4) is 28.3 Å². The highest BCUT2D eigenvalue weighted by Gasteiger charge is 2.07. The summed E-state index contributed by atoms with van der Waals surface area (Å²) in [7, 11) is 0. The Bertz CT molecular complexity index is 1010. The van der Waals surface area contributed by atoms with Crippen molar-refractivity contribution in [3.63, 3.8) is 0 Å². The van der Waals surface area contributed by atoms with E-state index in [4.69, 9.17) is 4.74 Å². The van der Waals surface area contributed by atoms with E-state index in [1.54, 1.807) is 31.5 Å². The molecule has 1 unspecified atom stereocenters. The van der Waals surface area contributed by atoms with E-state index < -0.39 is 5.82 Å². The number of aromatic nitrogens is 2. The van der Waals surface area contributed by atoms with E-state index in [2.05, 4.69) is 22.6 Å². The molecule has 3 aromatic rings. The molecule has 1 aromatic heterocycles. The number of rotatable bonds is 10. The predicted molar refractivity (Wildman–Crippen MR) is 123 cm³/mol. The normalized spacial score (nSPS) is 12.1. The number of ether oxygens (including phenoxy) is 1. The van der Waals surface area contributed by atoms with E-state index in [0.717, 1.165) is 41.5 Å². The average molecular weight is 419 g/mol. The zero-order chi connectivity index (χ0) is 22.1. The summed E-state index contributed by atoms with van der Waals surface area (Å²) in [6.07, 6.45) is 11.6. The molecule has 31 heavy (non-hydrogen) atoms. The highest BCUT2D eigenvalue weighted by Crippen LogP contribution is 2.27. The Balaban J connectivity index is 1.64. The molecule has 160 valence electrons. The molecule has 0 bridgehead atoms. The Hall–Kier alpha value is -3.31. The lowest BCUT2D eigenvalue weighted by Crippen LogP contribution is -1.97. The summed E-state index contributed by atoms with van der Waals surface area (Å²) >= 11 is 0. The van der Waals surface area contributed by atoms with Crippen molar-refractivity contribution < 1.29 is 14.2 Å². The predicted octanol–water partition coefficient (Wildman–Crippen LogP) is 6.08. The van der Waals surface area contributed by atoms with Crippen LogP contribution in [0.25, 0.3) is 28.6 Å². The van der Waals surface area contributed by atoms with Gasteiger partial charge in [-0.1, -0.05) is 55.1 Å². The Morgan fingerprint density at radius 3 is 2.39 bits per heavy atom. The van der Waals surface area contributed by atoms with E-state index in [-0.39, 0.29) is 18.5 Å². The fourth-order valence-corrected chi connectivity index (χ4v) is 3.08. The number of hydrogen-bond donors (Lipinski definition) is 1. The maximum Gasteiger partial charge on any atom is 0.165 e. The van der Waals surface area contributed by atoms with Crippen LogP contribution in [0.2, 0.25) is 0 Å². The Morgan fingerprint density at radius 2 is 1.74 bits per heavy atom. The van der Waals surface area contributed by atoms with Crippen LogP contribution in [0, 0.1) is 5.82 Å². The lowest BCUT2D eigenvalue weighted by molar-refractivity contribution is 0.182. The first-order valence-corrected chi connectivity index (χ1v) is 10.4. The molecule has 2 aromatic carbocycles. The molecule has 0 aliphatic carbocycles. The van der Waals surface area contributed by atoms with E-state index in [0.29, 0.717) is 5.82 Å². The molecule has 0 spiro atoms. The molecular weight excluding hydrogens is 391 g/mol. The van der Waals surface area contributed by atoms with Gasteiger partial charge in [0.1, 0.15) is 6.61 Å². The number of aliphatic hydroxyl groups is 1. The summed E-state index contributed by atoms with van der Waals surface area (Å²) < 4.78 is 19.5. The van der Waals surface area contributed by atoms with Gasteiger partial charge in [0.15, 0.2) is 17.4 Å². The average Bonchev–Trinajstić information content (AvgIpc) is 2.78. The molecule has 0 aliphatic heterocycles. The first kappa shape index (κ1) is 22.4. The number of unbranched alkanes of at least 4 members (excludes halogenated alkanes) is 1. The van der Waals surface area contributed by atoms with Crippen molar-refractivity contribution in [2.45, 2.75) is 32.3 Å². The fraction of sp³-hybridized carbons (Fsp3) is 0.231. The van der Waals surface area contributed by atoms with Crippen molar-refractivity contribution in [1.82, 2.24) is 9.97 Å². The van der Waals surface area contributed by atoms with Gasteiger partial charge < -0.3 is 9.84 Å². The summed E-state index contributed by atoms with van der Waals surface area (Å²) in [5.74, 6) is 0.448. The van der Waals surface area contributed by atoms with Crippen LogP contribution in [0.3, 0.4) is 0 Å². The molecule has 0 saturated carbocycles. The number of hydrogen-bond acceptors (Lipinski definition) is 4. The van der Waals surface area contributed by atoms with E-state index in [1.165, 1.54) is 6.07 Å². The smallest absolute Gasteiger partial charge is 0.165 e. The van der Waals surface area contributed by atoms with Crippen molar-refractivity contribution in [1.29, 1.82) is 0 Å². The monoisotopic (exact) mass is 418 g/mol. The first-order valence-electron chi connectivity index (χ1n) is 10.4. The second kappa shape index (κ2) is 11.2. The maximum absolute atomic E-state index is 14.2. The van der Waals surface area contributed by atoms with Crippen LogP contribution in [0.4, 0.5) is 4.39 Å². The molecule has 0 fully saturated rings. The number of nitrogens with zero attached hydrogens (tertiary/aromatic N) is 2. The standard InChI is InChI=1S/C26H27FN2O2/c1-3-15-31-25-14-13-23(16-24(25)27)21-9-11-22(12-10-21)26-28-17-20(18-29-26)8-6-4-5-7-19(2)30/h3,6,8-14,16-19,30H,1,4-5,7,15H2,2H3.